The normalized spacial score (nSPS) is 10.6. The van der Waals surface area contributed by atoms with Crippen molar-refractivity contribution in [3.05, 3.63) is 70.3 Å². The van der Waals surface area contributed by atoms with Crippen molar-refractivity contribution in [1.29, 1.82) is 0 Å². The van der Waals surface area contributed by atoms with Gasteiger partial charge < -0.3 is 10.1 Å². The van der Waals surface area contributed by atoms with Crippen molar-refractivity contribution in [2.45, 2.75) is 20.8 Å². The third-order valence-electron chi connectivity index (χ3n) is 4.11. The molecule has 3 rings (SSSR count). The molecule has 0 fully saturated rings. The Morgan fingerprint density at radius 2 is 1.86 bits per heavy atom. The molecule has 0 radical (unpaired) electrons. The molecule has 0 atom stereocenters. The number of nitrogens with one attached hydrogen (secondary N) is 1. The molecule has 1 aromatic heterocycles. The van der Waals surface area contributed by atoms with Crippen LogP contribution in [0.5, 0.6) is 0 Å². The molecule has 1 amide bonds. The summed E-state index contributed by atoms with van der Waals surface area (Å²) in [4.78, 5) is 28.6. The van der Waals surface area contributed by atoms with E-state index in [9.17, 15) is 9.59 Å². The predicted molar refractivity (Wildman–Crippen MR) is 106 cm³/mol. The van der Waals surface area contributed by atoms with E-state index in [0.29, 0.717) is 22.0 Å². The van der Waals surface area contributed by atoms with Crippen LogP contribution in [-0.2, 0) is 9.53 Å². The van der Waals surface area contributed by atoms with Gasteiger partial charge in [-0.25, -0.2) is 14.5 Å². The molecule has 0 unspecified atom stereocenters. The molecule has 0 aliphatic heterocycles. The number of aromatic nitrogens is 3. The topological polar surface area (TPSA) is 86.1 Å². The van der Waals surface area contributed by atoms with Gasteiger partial charge in [-0.1, -0.05) is 29.3 Å². The number of rotatable bonds is 5. The van der Waals surface area contributed by atoms with Gasteiger partial charge in [-0.05, 0) is 50.1 Å². The monoisotopic (exact) mass is 398 g/mol. The molecule has 0 aliphatic rings. The number of anilines is 1. The van der Waals surface area contributed by atoms with Crippen molar-refractivity contribution in [2.75, 3.05) is 11.9 Å². The molecule has 0 spiro atoms. The Morgan fingerprint density at radius 3 is 2.50 bits per heavy atom. The molecule has 0 aliphatic carbocycles. The molecule has 7 nitrogen and oxygen atoms in total. The Morgan fingerprint density at radius 1 is 1.14 bits per heavy atom. The van der Waals surface area contributed by atoms with E-state index < -0.39 is 18.5 Å². The van der Waals surface area contributed by atoms with Crippen molar-refractivity contribution in [2.24, 2.45) is 0 Å². The smallest absolute Gasteiger partial charge is 0.339 e. The standard InChI is InChI=1S/C20H19ClN4O3/c1-12-6-13(2)19(14(3)7-12)20(27)28-9-18(26)24-16-8-15(21)4-5-17(16)25-11-22-10-23-25/h4-8,10-11H,9H2,1-3H3,(H,24,26). The van der Waals surface area contributed by atoms with E-state index in [4.69, 9.17) is 16.3 Å². The van der Waals surface area contributed by atoms with Crippen LogP contribution in [-0.4, -0.2) is 33.2 Å². The van der Waals surface area contributed by atoms with Gasteiger partial charge in [0.15, 0.2) is 6.61 Å². The second-order valence-corrected chi connectivity index (χ2v) is 6.84. The molecule has 0 bridgehead atoms. The number of amides is 1. The van der Waals surface area contributed by atoms with Crippen LogP contribution in [0.1, 0.15) is 27.0 Å². The van der Waals surface area contributed by atoms with Gasteiger partial charge in [0.05, 0.1) is 16.9 Å². The number of halogens is 1. The van der Waals surface area contributed by atoms with Gasteiger partial charge in [-0.15, -0.1) is 0 Å². The second-order valence-electron chi connectivity index (χ2n) is 6.40. The van der Waals surface area contributed by atoms with E-state index in [1.165, 1.54) is 17.3 Å². The zero-order valence-corrected chi connectivity index (χ0v) is 16.4. The highest BCUT2D eigenvalue weighted by Gasteiger charge is 2.17. The van der Waals surface area contributed by atoms with Crippen LogP contribution < -0.4 is 5.32 Å². The first-order valence-electron chi connectivity index (χ1n) is 8.54. The molecule has 8 heteroatoms. The number of carbonyl (C=O) groups is 2. The summed E-state index contributed by atoms with van der Waals surface area (Å²) >= 11 is 6.03. The Labute approximate surface area is 167 Å². The molecule has 3 aromatic rings. The summed E-state index contributed by atoms with van der Waals surface area (Å²) in [7, 11) is 0. The Bertz CT molecular complexity index is 1010. The summed E-state index contributed by atoms with van der Waals surface area (Å²) in [6.07, 6.45) is 2.89. The molecule has 2 aromatic carbocycles. The Balaban J connectivity index is 1.70. The molecular formula is C20H19ClN4O3. The molecule has 0 saturated carbocycles. The zero-order chi connectivity index (χ0) is 20.3. The van der Waals surface area contributed by atoms with Gasteiger partial charge in [0.2, 0.25) is 0 Å². The average molecular weight is 399 g/mol. The maximum absolute atomic E-state index is 12.4. The molecule has 1 N–H and O–H groups in total. The largest absolute Gasteiger partial charge is 0.452 e. The van der Waals surface area contributed by atoms with Gasteiger partial charge in [0.1, 0.15) is 12.7 Å². The fourth-order valence-corrected chi connectivity index (χ4v) is 3.20. The average Bonchev–Trinajstić information content (AvgIpc) is 3.13. The van der Waals surface area contributed by atoms with Crippen molar-refractivity contribution in [3.63, 3.8) is 0 Å². The number of carbonyl (C=O) groups excluding carboxylic acids is 2. The lowest BCUT2D eigenvalue weighted by Crippen LogP contribution is -2.22. The fraction of sp³-hybridized carbons (Fsp3) is 0.200. The van der Waals surface area contributed by atoms with E-state index in [2.05, 4.69) is 15.4 Å². The van der Waals surface area contributed by atoms with Gasteiger partial charge in [0.25, 0.3) is 5.91 Å². The molecule has 144 valence electrons. The number of esters is 1. The highest BCUT2D eigenvalue weighted by Crippen LogP contribution is 2.24. The van der Waals surface area contributed by atoms with Crippen LogP contribution in [0.2, 0.25) is 5.02 Å². The molecule has 28 heavy (non-hydrogen) atoms. The molecule has 1 heterocycles. The van der Waals surface area contributed by atoms with Gasteiger partial charge in [0, 0.05) is 5.02 Å². The molecule has 0 saturated heterocycles. The summed E-state index contributed by atoms with van der Waals surface area (Å²) in [5.41, 5.74) is 4.18. The lowest BCUT2D eigenvalue weighted by atomic mass is 10.00. The summed E-state index contributed by atoms with van der Waals surface area (Å²) in [6, 6.07) is 8.78. The Hall–Kier alpha value is -3.19. The lowest BCUT2D eigenvalue weighted by Gasteiger charge is -2.13. The predicted octanol–water partition coefficient (Wildman–Crippen LogP) is 3.64. The molecular weight excluding hydrogens is 380 g/mol. The van der Waals surface area contributed by atoms with Crippen LogP contribution >= 0.6 is 11.6 Å². The van der Waals surface area contributed by atoms with Crippen molar-refractivity contribution in [3.8, 4) is 5.69 Å². The fourth-order valence-electron chi connectivity index (χ4n) is 3.03. The van der Waals surface area contributed by atoms with Crippen LogP contribution in [0.15, 0.2) is 43.0 Å². The first kappa shape index (κ1) is 19.6. The summed E-state index contributed by atoms with van der Waals surface area (Å²) in [5.74, 6) is -1.02. The third-order valence-corrected chi connectivity index (χ3v) is 4.35. The van der Waals surface area contributed by atoms with Gasteiger partial charge >= 0.3 is 5.97 Å². The second kappa shape index (κ2) is 8.22. The quantitative estimate of drug-likeness (QED) is 0.663. The maximum atomic E-state index is 12.4. The number of ether oxygens (including phenoxy) is 1. The van der Waals surface area contributed by atoms with Gasteiger partial charge in [-0.3, -0.25) is 4.79 Å². The zero-order valence-electron chi connectivity index (χ0n) is 15.7. The number of nitrogens with zero attached hydrogens (tertiary/aromatic N) is 3. The maximum Gasteiger partial charge on any atom is 0.339 e. The number of benzene rings is 2. The van der Waals surface area contributed by atoms with Crippen LogP contribution in [0.4, 0.5) is 5.69 Å². The van der Waals surface area contributed by atoms with Crippen LogP contribution in [0.25, 0.3) is 5.69 Å². The van der Waals surface area contributed by atoms with E-state index in [1.54, 1.807) is 18.2 Å². The summed E-state index contributed by atoms with van der Waals surface area (Å²) in [6.45, 7) is 5.22. The first-order valence-corrected chi connectivity index (χ1v) is 8.92. The van der Waals surface area contributed by atoms with E-state index >= 15 is 0 Å². The highest BCUT2D eigenvalue weighted by molar-refractivity contribution is 6.31. The van der Waals surface area contributed by atoms with Crippen molar-refractivity contribution >= 4 is 29.2 Å². The van der Waals surface area contributed by atoms with Crippen molar-refractivity contribution < 1.29 is 14.3 Å². The number of hydrogen-bond donors (Lipinski definition) is 1. The highest BCUT2D eigenvalue weighted by atomic mass is 35.5. The minimum absolute atomic E-state index is 0.422. The number of aryl methyl sites for hydroxylation is 3. The van der Waals surface area contributed by atoms with E-state index in [-0.39, 0.29) is 0 Å². The summed E-state index contributed by atoms with van der Waals surface area (Å²) < 4.78 is 6.70. The SMILES string of the molecule is Cc1cc(C)c(C(=O)OCC(=O)Nc2cc(Cl)ccc2-n2cncn2)c(C)c1. The minimum atomic E-state index is -0.534. The lowest BCUT2D eigenvalue weighted by molar-refractivity contribution is -0.119. The van der Waals surface area contributed by atoms with E-state index in [1.807, 2.05) is 32.9 Å². The Kier molecular flexibility index (Phi) is 5.75. The minimum Gasteiger partial charge on any atom is -0.452 e. The number of hydrogen-bond acceptors (Lipinski definition) is 5. The van der Waals surface area contributed by atoms with Crippen LogP contribution in [0, 0.1) is 20.8 Å². The first-order chi connectivity index (χ1) is 13.3. The third kappa shape index (κ3) is 4.37. The van der Waals surface area contributed by atoms with Gasteiger partial charge in [-0.2, -0.15) is 5.10 Å². The van der Waals surface area contributed by atoms with E-state index in [0.717, 1.165) is 16.7 Å². The van der Waals surface area contributed by atoms with Crippen molar-refractivity contribution in [1.82, 2.24) is 14.8 Å². The van der Waals surface area contributed by atoms with Crippen LogP contribution in [0.3, 0.4) is 0 Å². The summed E-state index contributed by atoms with van der Waals surface area (Å²) in [5, 5.41) is 7.19.